The molecule has 24 heteroatoms. The van der Waals surface area contributed by atoms with Crippen LogP contribution in [0, 0.1) is 0 Å². The molecule has 4 aromatic rings. The van der Waals surface area contributed by atoms with Crippen LogP contribution in [0.15, 0.2) is 97.1 Å². The fraction of sp³-hybridized carbons (Fsp3) is 0.200. The van der Waals surface area contributed by atoms with Crippen LogP contribution in [0.2, 0.25) is 0 Å². The zero-order valence-corrected chi connectivity index (χ0v) is 33.3. The minimum absolute atomic E-state index is 0.397. The Morgan fingerprint density at radius 2 is 0.500 bits per heavy atom. The fourth-order valence-electron chi connectivity index (χ4n) is 6.28. The monoisotopic (exact) mass is 880 g/mol. The highest BCUT2D eigenvalue weighted by Gasteiger charge is 2.42. The van der Waals surface area contributed by atoms with Gasteiger partial charge in [0.05, 0.1) is 0 Å². The summed E-state index contributed by atoms with van der Waals surface area (Å²) in [6, 6.07) is 24.1. The number of anilines is 4. The summed E-state index contributed by atoms with van der Waals surface area (Å²) >= 11 is 0. The number of ether oxygens (including phenoxy) is 4. The van der Waals surface area contributed by atoms with E-state index in [1.807, 2.05) is 0 Å². The lowest BCUT2D eigenvalue weighted by atomic mass is 10.0. The molecule has 4 aromatic carbocycles. The van der Waals surface area contributed by atoms with E-state index in [4.69, 9.17) is 18.9 Å². The quantitative estimate of drug-likeness (QED) is 0.116. The molecule has 9 aliphatic heterocycles. The van der Waals surface area contributed by atoms with Gasteiger partial charge in [0, 0.05) is 22.7 Å². The highest BCUT2D eigenvalue weighted by atomic mass is 16.7. The molecule has 8 bridgehead atoms. The van der Waals surface area contributed by atoms with Crippen LogP contribution in [0.25, 0.3) is 0 Å². The molecule has 9 heterocycles. The molecule has 0 aliphatic carbocycles. The number of hydrogen-bond donors (Lipinski definition) is 12. The summed E-state index contributed by atoms with van der Waals surface area (Å²) in [6.07, 6.45) is -4.86. The van der Waals surface area contributed by atoms with Gasteiger partial charge in [-0.15, -0.1) is 0 Å². The van der Waals surface area contributed by atoms with Gasteiger partial charge in [-0.2, -0.15) is 0 Å². The molecule has 0 unspecified atom stereocenters. The Morgan fingerprint density at radius 1 is 0.297 bits per heavy atom. The number of hydrazine groups is 4. The van der Waals surface area contributed by atoms with Gasteiger partial charge in [0.15, 0.2) is 24.4 Å². The topological polar surface area (TPSA) is 318 Å². The maximum absolute atomic E-state index is 12.8. The molecule has 24 nitrogen and oxygen atoms in total. The van der Waals surface area contributed by atoms with Crippen LogP contribution in [-0.2, 0) is 51.0 Å². The lowest BCUT2D eigenvalue weighted by molar-refractivity contribution is -0.138. The molecule has 64 heavy (non-hydrogen) atoms. The first-order valence-corrected chi connectivity index (χ1v) is 19.3. The van der Waals surface area contributed by atoms with Crippen molar-refractivity contribution < 1.29 is 57.3 Å². The van der Waals surface area contributed by atoms with E-state index in [2.05, 4.69) is 64.7 Å². The normalized spacial score (nSPS) is 21.8. The summed E-state index contributed by atoms with van der Waals surface area (Å²) in [4.78, 5) is 101. The number of carbonyl (C=O) groups excluding carboxylic acids is 8. The average molecular weight is 881 g/mol. The molecule has 0 radical (unpaired) electrons. The average Bonchev–Trinajstić information content (AvgIpc) is 4.00. The van der Waals surface area contributed by atoms with Crippen molar-refractivity contribution >= 4 is 70.5 Å². The Labute approximate surface area is 362 Å². The molecule has 0 spiro atoms. The van der Waals surface area contributed by atoms with Crippen molar-refractivity contribution in [3.63, 3.8) is 0 Å². The van der Waals surface area contributed by atoms with Crippen LogP contribution in [0.4, 0.5) is 41.9 Å². The summed E-state index contributed by atoms with van der Waals surface area (Å²) in [7, 11) is 0. The second kappa shape index (κ2) is 20.5. The van der Waals surface area contributed by atoms with Crippen LogP contribution < -0.4 is 64.7 Å². The minimum atomic E-state index is -1.46. The number of urea groups is 4. The van der Waals surface area contributed by atoms with Gasteiger partial charge < -0.3 is 40.2 Å². The van der Waals surface area contributed by atoms with Crippen molar-refractivity contribution in [3.05, 3.63) is 119 Å². The summed E-state index contributed by atoms with van der Waals surface area (Å²) in [5.41, 5.74) is 22.5. The molecule has 13 rings (SSSR count). The van der Waals surface area contributed by atoms with E-state index in [9.17, 15) is 38.4 Å². The third-order valence-electron chi connectivity index (χ3n) is 9.43. The van der Waals surface area contributed by atoms with Gasteiger partial charge in [0.25, 0.3) is 23.6 Å². The summed E-state index contributed by atoms with van der Waals surface area (Å²) in [6.45, 7) is -0.807. The first kappa shape index (κ1) is 43.8. The summed E-state index contributed by atoms with van der Waals surface area (Å²) in [5.74, 6) is -3.57. The summed E-state index contributed by atoms with van der Waals surface area (Å²) in [5, 5.41) is 10.3. The zero-order chi connectivity index (χ0) is 45.0. The third kappa shape index (κ3) is 11.9. The molecule has 332 valence electrons. The van der Waals surface area contributed by atoms with Crippen molar-refractivity contribution in [2.24, 2.45) is 0 Å². The maximum Gasteiger partial charge on any atom is 0.337 e. The van der Waals surface area contributed by atoms with E-state index in [1.165, 1.54) is 0 Å². The number of carbonyl (C=O) groups is 8. The van der Waals surface area contributed by atoms with E-state index in [0.717, 1.165) is 22.3 Å². The smallest absolute Gasteiger partial charge is 0.337 e. The number of nitrogens with one attached hydrogen (secondary N) is 12. The Morgan fingerprint density at radius 3 is 0.703 bits per heavy atom. The molecule has 2 fully saturated rings. The van der Waals surface area contributed by atoms with E-state index in [-0.39, 0.29) is 0 Å². The largest absolute Gasteiger partial charge is 0.339 e. The first-order valence-electron chi connectivity index (χ1n) is 19.3. The van der Waals surface area contributed by atoms with Crippen LogP contribution in [-0.4, -0.2) is 85.8 Å². The Bertz CT molecular complexity index is 2060. The van der Waals surface area contributed by atoms with Gasteiger partial charge in [-0.25, -0.2) is 40.9 Å². The minimum Gasteiger partial charge on any atom is -0.339 e. The molecule has 12 N–H and O–H groups in total. The number of hydrogen-bond acceptors (Lipinski definition) is 12. The van der Waals surface area contributed by atoms with E-state index >= 15 is 0 Å². The van der Waals surface area contributed by atoms with Crippen LogP contribution in [0.5, 0.6) is 0 Å². The number of rotatable bonds is 0. The van der Waals surface area contributed by atoms with Crippen molar-refractivity contribution in [1.29, 1.82) is 0 Å². The Balaban J connectivity index is 0.977. The molecular formula is C40H40N12O12. The predicted octanol–water partition coefficient (Wildman–Crippen LogP) is 0.676. The third-order valence-corrected chi connectivity index (χ3v) is 9.43. The lowest BCUT2D eigenvalue weighted by Crippen LogP contribution is -2.55. The highest BCUT2D eigenvalue weighted by Crippen LogP contribution is 2.19. The molecule has 12 amide bonds. The van der Waals surface area contributed by atoms with Gasteiger partial charge in [-0.3, -0.25) is 40.9 Å². The van der Waals surface area contributed by atoms with Gasteiger partial charge in [-0.1, -0.05) is 48.5 Å². The van der Waals surface area contributed by atoms with Gasteiger partial charge in [0.1, 0.15) is 13.6 Å². The first-order chi connectivity index (χ1) is 30.9. The number of benzene rings is 4. The standard InChI is InChI=1S/C40H40N12O12/c53-33-29-30(62-19-61-29)34(54)47-51-39(59)43-27-13-5-23(6-14-27)18-24-7-15-28(16-8-24)44-40(60)52-48-36(56)32-31(63-20-64-32)35(55)46-50-38(58)42-26-11-3-22(4-12-26)17-21-1-9-25(10-2-21)41-37(57)49-45-33/h1-16,29-32H,17-20H2,(H,45,53)(H,46,55)(H,47,54)(H,48,56)(H2,41,49,57)(H2,42,50,58)(H2,43,51,59)(H2,44,52,60)/t29-,30-,31-,32-/m1/s1. The molecule has 0 saturated carbocycles. The van der Waals surface area contributed by atoms with Crippen molar-refractivity contribution in [3.8, 4) is 0 Å². The lowest BCUT2D eigenvalue weighted by Gasteiger charge is -2.17. The zero-order valence-electron chi connectivity index (χ0n) is 33.3. The van der Waals surface area contributed by atoms with Crippen molar-refractivity contribution in [2.45, 2.75) is 37.3 Å². The Hall–Kier alpha value is -8.32. The van der Waals surface area contributed by atoms with Crippen LogP contribution >= 0.6 is 0 Å². The molecule has 2 saturated heterocycles. The van der Waals surface area contributed by atoms with Crippen molar-refractivity contribution in [1.82, 2.24) is 43.4 Å². The molecular weight excluding hydrogens is 841 g/mol. The maximum atomic E-state index is 12.8. The van der Waals surface area contributed by atoms with Gasteiger partial charge in [-0.05, 0) is 83.6 Å². The predicted molar refractivity (Wildman–Crippen MR) is 222 cm³/mol. The summed E-state index contributed by atoms with van der Waals surface area (Å²) < 4.78 is 21.0. The second-order valence-electron chi connectivity index (χ2n) is 14.0. The van der Waals surface area contributed by atoms with E-state index in [1.54, 1.807) is 97.1 Å². The van der Waals surface area contributed by atoms with Gasteiger partial charge in [0.2, 0.25) is 0 Å². The Kier molecular flexibility index (Phi) is 14.0. The van der Waals surface area contributed by atoms with E-state index < -0.39 is 85.8 Å². The number of amides is 12. The molecule has 4 atom stereocenters. The SMILES string of the molecule is O=C1NNC(=O)[C@@H]2OCO[C@H]2C(=O)NNC(=O)Nc2ccc(cc2)Cc2ccc(cc2)NC(=O)NNC(=O)[C@@H]2OCO[C@H]2C(=O)NNC(=O)Nc2ccc(cc2)Cc2ccc(cc2)N1. The second-order valence-corrected chi connectivity index (χ2v) is 14.0. The van der Waals surface area contributed by atoms with Gasteiger partial charge >= 0.3 is 24.1 Å². The van der Waals surface area contributed by atoms with Crippen molar-refractivity contribution in [2.75, 3.05) is 34.9 Å². The molecule has 0 aromatic heterocycles. The molecule has 9 aliphatic rings. The highest BCUT2D eigenvalue weighted by molar-refractivity contribution is 5.97. The fourth-order valence-corrected chi connectivity index (χ4v) is 6.28. The van der Waals surface area contributed by atoms with E-state index in [0.29, 0.717) is 35.6 Å². The van der Waals surface area contributed by atoms with Crippen LogP contribution in [0.3, 0.4) is 0 Å². The van der Waals surface area contributed by atoms with Crippen LogP contribution in [0.1, 0.15) is 22.3 Å².